The second-order valence-corrected chi connectivity index (χ2v) is 6.78. The summed E-state index contributed by atoms with van der Waals surface area (Å²) in [5, 5.41) is 0.575. The molecule has 4 N–H and O–H groups in total. The van der Waals surface area contributed by atoms with Crippen LogP contribution in [0, 0.1) is 5.92 Å². The van der Waals surface area contributed by atoms with Crippen LogP contribution in [0.4, 0.5) is 5.13 Å². The van der Waals surface area contributed by atoms with Gasteiger partial charge in [-0.3, -0.25) is 9.69 Å². The van der Waals surface area contributed by atoms with Crippen LogP contribution in [-0.2, 0) is 11.3 Å². The van der Waals surface area contributed by atoms with Crippen molar-refractivity contribution in [2.24, 2.45) is 11.7 Å². The lowest BCUT2D eigenvalue weighted by Gasteiger charge is -2.25. The van der Waals surface area contributed by atoms with Crippen LogP contribution in [0.3, 0.4) is 0 Å². The zero-order chi connectivity index (χ0) is 14.4. The number of rotatable bonds is 7. The summed E-state index contributed by atoms with van der Waals surface area (Å²) in [4.78, 5) is 18.5. The molecule has 1 saturated carbocycles. The zero-order valence-electron chi connectivity index (χ0n) is 11.9. The summed E-state index contributed by atoms with van der Waals surface area (Å²) in [5.74, 6) is 0.539. The average Bonchev–Trinajstić information content (AvgIpc) is 2.82. The fourth-order valence-corrected chi connectivity index (χ4v) is 3.62. The van der Waals surface area contributed by atoms with Crippen molar-refractivity contribution in [2.45, 2.75) is 45.1 Å². The number of thiazole rings is 1. The molecule has 5 nitrogen and oxygen atoms in total. The molecule has 0 unspecified atom stereocenters. The van der Waals surface area contributed by atoms with E-state index in [-0.39, 0.29) is 5.91 Å². The van der Waals surface area contributed by atoms with E-state index in [1.807, 2.05) is 0 Å². The third-order valence-electron chi connectivity index (χ3n) is 3.91. The Morgan fingerprint density at radius 1 is 1.40 bits per heavy atom. The Bertz CT molecular complexity index is 429. The zero-order valence-corrected chi connectivity index (χ0v) is 12.7. The predicted octanol–water partition coefficient (Wildman–Crippen LogP) is 1.98. The Morgan fingerprint density at radius 3 is 2.75 bits per heavy atom. The molecule has 0 aliphatic heterocycles. The van der Waals surface area contributed by atoms with E-state index in [1.165, 1.54) is 43.4 Å². The largest absolute Gasteiger partial charge is 0.375 e. The minimum absolute atomic E-state index is 0.272. The van der Waals surface area contributed by atoms with Gasteiger partial charge in [-0.2, -0.15) is 0 Å². The number of amides is 1. The number of aromatic nitrogens is 1. The van der Waals surface area contributed by atoms with Gasteiger partial charge >= 0.3 is 0 Å². The van der Waals surface area contributed by atoms with Gasteiger partial charge in [0, 0.05) is 17.6 Å². The Kier molecular flexibility index (Phi) is 5.79. The maximum Gasteiger partial charge on any atom is 0.231 e. The van der Waals surface area contributed by atoms with Crippen molar-refractivity contribution < 1.29 is 4.79 Å². The molecule has 20 heavy (non-hydrogen) atoms. The van der Waals surface area contributed by atoms with E-state index < -0.39 is 0 Å². The number of carbonyl (C=O) groups is 1. The van der Waals surface area contributed by atoms with Crippen LogP contribution in [0.25, 0.3) is 0 Å². The molecule has 1 aromatic rings. The standard InChI is InChI=1S/C14H24N4OS/c15-13(19)10-18(9-12-8-17-14(16)20-12)7-6-11-4-2-1-3-5-11/h8,11H,1-7,9-10H2,(H2,15,19)(H2,16,17). The van der Waals surface area contributed by atoms with E-state index in [0.29, 0.717) is 18.2 Å². The molecule has 1 aliphatic rings. The lowest BCUT2D eigenvalue weighted by Crippen LogP contribution is -2.34. The molecule has 0 atom stereocenters. The highest BCUT2D eigenvalue weighted by molar-refractivity contribution is 7.15. The van der Waals surface area contributed by atoms with Crippen LogP contribution in [0.15, 0.2) is 6.20 Å². The molecule has 0 radical (unpaired) electrons. The molecule has 1 amide bonds. The smallest absolute Gasteiger partial charge is 0.231 e. The topological polar surface area (TPSA) is 85.2 Å². The normalized spacial score (nSPS) is 16.6. The summed E-state index contributed by atoms with van der Waals surface area (Å²) < 4.78 is 0. The van der Waals surface area contributed by atoms with Gasteiger partial charge in [-0.05, 0) is 18.9 Å². The number of carbonyl (C=O) groups excluding carboxylic acids is 1. The van der Waals surface area contributed by atoms with Gasteiger partial charge in [-0.1, -0.05) is 32.1 Å². The summed E-state index contributed by atoms with van der Waals surface area (Å²) in [7, 11) is 0. The maximum atomic E-state index is 11.2. The fourth-order valence-electron chi connectivity index (χ4n) is 2.89. The second-order valence-electron chi connectivity index (χ2n) is 5.63. The van der Waals surface area contributed by atoms with Gasteiger partial charge in [0.1, 0.15) is 0 Å². The van der Waals surface area contributed by atoms with Crippen molar-refractivity contribution in [1.82, 2.24) is 9.88 Å². The molecular weight excluding hydrogens is 272 g/mol. The van der Waals surface area contributed by atoms with Crippen molar-refractivity contribution in [2.75, 3.05) is 18.8 Å². The van der Waals surface area contributed by atoms with E-state index in [0.717, 1.165) is 23.8 Å². The molecule has 1 aromatic heterocycles. The summed E-state index contributed by atoms with van der Waals surface area (Å²) in [6, 6.07) is 0. The SMILES string of the molecule is NC(=O)CN(CCC1CCCCC1)Cc1cnc(N)s1. The summed E-state index contributed by atoms with van der Waals surface area (Å²) in [6.07, 6.45) is 9.69. The molecule has 2 rings (SSSR count). The number of hydrogen-bond acceptors (Lipinski definition) is 5. The number of hydrogen-bond donors (Lipinski definition) is 2. The number of nitrogens with two attached hydrogens (primary N) is 2. The van der Waals surface area contributed by atoms with Crippen molar-refractivity contribution in [3.8, 4) is 0 Å². The van der Waals surface area contributed by atoms with Crippen LogP contribution < -0.4 is 11.5 Å². The molecular formula is C14H24N4OS. The number of nitrogens with zero attached hydrogens (tertiary/aromatic N) is 2. The Labute approximate surface area is 124 Å². The molecule has 112 valence electrons. The number of nitrogen functional groups attached to an aromatic ring is 1. The predicted molar refractivity (Wildman–Crippen MR) is 82.2 cm³/mol. The summed E-state index contributed by atoms with van der Waals surface area (Å²) >= 11 is 1.48. The molecule has 1 heterocycles. The van der Waals surface area contributed by atoms with Crippen LogP contribution in [0.1, 0.15) is 43.4 Å². The van der Waals surface area contributed by atoms with Crippen molar-refractivity contribution in [1.29, 1.82) is 0 Å². The summed E-state index contributed by atoms with van der Waals surface area (Å²) in [6.45, 7) is 1.94. The van der Waals surface area contributed by atoms with Crippen molar-refractivity contribution in [3.63, 3.8) is 0 Å². The van der Waals surface area contributed by atoms with Gasteiger partial charge in [-0.25, -0.2) is 4.98 Å². The first-order chi connectivity index (χ1) is 9.63. The van der Waals surface area contributed by atoms with Crippen LogP contribution in [0.2, 0.25) is 0 Å². The second kappa shape index (κ2) is 7.59. The first-order valence-corrected chi connectivity index (χ1v) is 8.16. The van der Waals surface area contributed by atoms with Gasteiger partial charge in [0.25, 0.3) is 0 Å². The fraction of sp³-hybridized carbons (Fsp3) is 0.714. The lowest BCUT2D eigenvalue weighted by molar-refractivity contribution is -0.119. The van der Waals surface area contributed by atoms with Gasteiger partial charge in [0.2, 0.25) is 5.91 Å². The molecule has 0 aromatic carbocycles. The molecule has 0 spiro atoms. The van der Waals surface area contributed by atoms with E-state index in [1.54, 1.807) is 6.20 Å². The van der Waals surface area contributed by atoms with Gasteiger partial charge in [0.15, 0.2) is 5.13 Å². The molecule has 1 aliphatic carbocycles. The van der Waals surface area contributed by atoms with Crippen LogP contribution in [0.5, 0.6) is 0 Å². The van der Waals surface area contributed by atoms with E-state index in [4.69, 9.17) is 11.5 Å². The minimum atomic E-state index is -0.272. The highest BCUT2D eigenvalue weighted by Crippen LogP contribution is 2.26. The van der Waals surface area contributed by atoms with Crippen LogP contribution >= 0.6 is 11.3 Å². The monoisotopic (exact) mass is 296 g/mol. The number of primary amides is 1. The van der Waals surface area contributed by atoms with E-state index in [9.17, 15) is 4.79 Å². The molecule has 0 bridgehead atoms. The third-order valence-corrected chi connectivity index (χ3v) is 4.72. The average molecular weight is 296 g/mol. The van der Waals surface area contributed by atoms with Crippen molar-refractivity contribution in [3.05, 3.63) is 11.1 Å². The van der Waals surface area contributed by atoms with E-state index >= 15 is 0 Å². The Morgan fingerprint density at radius 2 is 2.15 bits per heavy atom. The molecule has 6 heteroatoms. The quantitative estimate of drug-likeness (QED) is 0.805. The Balaban J connectivity index is 1.84. The van der Waals surface area contributed by atoms with Crippen molar-refractivity contribution >= 4 is 22.4 Å². The highest BCUT2D eigenvalue weighted by atomic mass is 32.1. The summed E-state index contributed by atoms with van der Waals surface area (Å²) in [5.41, 5.74) is 11.0. The lowest BCUT2D eigenvalue weighted by atomic mass is 9.87. The van der Waals surface area contributed by atoms with Gasteiger partial charge in [-0.15, -0.1) is 11.3 Å². The first-order valence-electron chi connectivity index (χ1n) is 7.34. The molecule has 0 saturated heterocycles. The van der Waals surface area contributed by atoms with Gasteiger partial charge in [0.05, 0.1) is 6.54 Å². The highest BCUT2D eigenvalue weighted by Gasteiger charge is 2.16. The van der Waals surface area contributed by atoms with Gasteiger partial charge < -0.3 is 11.5 Å². The maximum absolute atomic E-state index is 11.2. The minimum Gasteiger partial charge on any atom is -0.375 e. The third kappa shape index (κ3) is 5.09. The Hall–Kier alpha value is -1.14. The number of anilines is 1. The van der Waals surface area contributed by atoms with E-state index in [2.05, 4.69) is 9.88 Å². The molecule has 1 fully saturated rings. The first kappa shape index (κ1) is 15.3. The van der Waals surface area contributed by atoms with Crippen LogP contribution in [-0.4, -0.2) is 28.9 Å².